The second-order valence-electron chi connectivity index (χ2n) is 6.24. The fourth-order valence-corrected chi connectivity index (χ4v) is 3.03. The van der Waals surface area contributed by atoms with Gasteiger partial charge in [0.05, 0.1) is 29.9 Å². The summed E-state index contributed by atoms with van der Waals surface area (Å²) in [5.74, 6) is -2.24. The summed E-state index contributed by atoms with van der Waals surface area (Å²) >= 11 is 0. The lowest BCUT2D eigenvalue weighted by molar-refractivity contribution is -0.121. The van der Waals surface area contributed by atoms with Crippen molar-refractivity contribution in [3.8, 4) is 6.07 Å². The first-order chi connectivity index (χ1) is 13.3. The number of carbonyl (C=O) groups is 1. The highest BCUT2D eigenvalue weighted by Crippen LogP contribution is 2.20. The van der Waals surface area contributed by atoms with Gasteiger partial charge in [-0.1, -0.05) is 0 Å². The van der Waals surface area contributed by atoms with E-state index in [1.54, 1.807) is 13.0 Å². The lowest BCUT2D eigenvalue weighted by atomic mass is 10.0. The fourth-order valence-electron chi connectivity index (χ4n) is 3.03. The van der Waals surface area contributed by atoms with Crippen molar-refractivity contribution >= 4 is 16.8 Å². The van der Waals surface area contributed by atoms with E-state index in [2.05, 4.69) is 20.3 Å². The van der Waals surface area contributed by atoms with Crippen molar-refractivity contribution in [2.45, 2.75) is 26.3 Å². The molecule has 2 N–H and O–H groups in total. The van der Waals surface area contributed by atoms with Gasteiger partial charge in [-0.3, -0.25) is 14.6 Å². The van der Waals surface area contributed by atoms with Crippen molar-refractivity contribution in [1.82, 2.24) is 20.3 Å². The molecule has 0 spiro atoms. The zero-order valence-corrected chi connectivity index (χ0v) is 15.0. The maximum Gasteiger partial charge on any atom is 0.252 e. The highest BCUT2D eigenvalue weighted by atomic mass is 19.1. The molecule has 0 fully saturated rings. The van der Waals surface area contributed by atoms with E-state index in [4.69, 9.17) is 0 Å². The predicted octanol–water partition coefficient (Wildman–Crippen LogP) is 2.20. The highest BCUT2D eigenvalue weighted by molar-refractivity contribution is 5.88. The molecule has 0 radical (unpaired) electrons. The summed E-state index contributed by atoms with van der Waals surface area (Å²) in [4.78, 5) is 35.1. The number of pyridine rings is 3. The number of nitrogens with one attached hydrogen (secondary N) is 2. The summed E-state index contributed by atoms with van der Waals surface area (Å²) < 4.78 is 26.8. The number of nitrogens with zero attached hydrogens (tertiary/aromatic N) is 3. The van der Waals surface area contributed by atoms with E-state index in [0.717, 1.165) is 6.20 Å². The molecule has 0 unspecified atom stereocenters. The molecule has 1 atom stereocenters. The van der Waals surface area contributed by atoms with Crippen molar-refractivity contribution in [2.24, 2.45) is 0 Å². The monoisotopic (exact) mass is 383 g/mol. The molecule has 0 aliphatic carbocycles. The van der Waals surface area contributed by atoms with Crippen molar-refractivity contribution in [3.63, 3.8) is 0 Å². The minimum Gasteiger partial charge on any atom is -0.348 e. The molecule has 28 heavy (non-hydrogen) atoms. The molecule has 7 nitrogen and oxygen atoms in total. The van der Waals surface area contributed by atoms with Crippen LogP contribution in [-0.4, -0.2) is 20.9 Å². The second kappa shape index (κ2) is 7.52. The Morgan fingerprint density at radius 1 is 1.39 bits per heavy atom. The van der Waals surface area contributed by atoms with Crippen LogP contribution in [0.5, 0.6) is 0 Å². The Kier molecular flexibility index (Phi) is 5.13. The number of rotatable bonds is 4. The normalized spacial score (nSPS) is 11.8. The third kappa shape index (κ3) is 3.57. The second-order valence-corrected chi connectivity index (χ2v) is 6.24. The average Bonchev–Trinajstić information content (AvgIpc) is 2.64. The lowest BCUT2D eigenvalue weighted by Crippen LogP contribution is -2.31. The SMILES string of the molecule is Cc1c(CC(=O)N[C@H](C)c2ncc(F)cc2F)c(=O)[nH]c2ccnc(C#N)c12. The van der Waals surface area contributed by atoms with E-state index in [1.165, 1.54) is 13.1 Å². The van der Waals surface area contributed by atoms with E-state index < -0.39 is 29.1 Å². The van der Waals surface area contributed by atoms with E-state index in [-0.39, 0.29) is 23.4 Å². The summed E-state index contributed by atoms with van der Waals surface area (Å²) in [6.45, 7) is 3.13. The van der Waals surface area contributed by atoms with Gasteiger partial charge in [0.2, 0.25) is 5.91 Å². The van der Waals surface area contributed by atoms with Gasteiger partial charge in [-0.25, -0.2) is 13.8 Å². The van der Waals surface area contributed by atoms with Gasteiger partial charge in [-0.2, -0.15) is 5.26 Å². The highest BCUT2D eigenvalue weighted by Gasteiger charge is 2.19. The first-order valence-electron chi connectivity index (χ1n) is 8.32. The Hall–Kier alpha value is -3.67. The van der Waals surface area contributed by atoms with E-state index in [9.17, 15) is 23.6 Å². The Morgan fingerprint density at radius 3 is 2.82 bits per heavy atom. The Morgan fingerprint density at radius 2 is 2.14 bits per heavy atom. The van der Waals surface area contributed by atoms with Crippen molar-refractivity contribution in [3.05, 3.63) is 69.0 Å². The number of H-pyrrole nitrogens is 1. The van der Waals surface area contributed by atoms with E-state index in [0.29, 0.717) is 22.5 Å². The van der Waals surface area contributed by atoms with E-state index in [1.807, 2.05) is 6.07 Å². The summed E-state index contributed by atoms with van der Waals surface area (Å²) in [6.07, 6.45) is 1.98. The van der Waals surface area contributed by atoms with Crippen LogP contribution >= 0.6 is 0 Å². The summed E-state index contributed by atoms with van der Waals surface area (Å²) in [5.41, 5.74) is 0.651. The minimum absolute atomic E-state index is 0.116. The Labute approximate surface area is 158 Å². The fraction of sp³-hybridized carbons (Fsp3) is 0.211. The molecule has 0 saturated heterocycles. The number of nitriles is 1. The largest absolute Gasteiger partial charge is 0.348 e. The van der Waals surface area contributed by atoms with Crippen LogP contribution in [0.4, 0.5) is 8.78 Å². The molecular weight excluding hydrogens is 368 g/mol. The van der Waals surface area contributed by atoms with Crippen LogP contribution in [0, 0.1) is 29.9 Å². The van der Waals surface area contributed by atoms with Crippen LogP contribution in [0.3, 0.4) is 0 Å². The third-order valence-corrected chi connectivity index (χ3v) is 4.37. The van der Waals surface area contributed by atoms with Gasteiger partial charge in [0.15, 0.2) is 0 Å². The Bertz CT molecular complexity index is 1180. The molecule has 3 rings (SSSR count). The lowest BCUT2D eigenvalue weighted by Gasteiger charge is -2.15. The van der Waals surface area contributed by atoms with Gasteiger partial charge in [0.1, 0.15) is 23.4 Å². The molecule has 1 amide bonds. The molecule has 0 aromatic carbocycles. The smallest absolute Gasteiger partial charge is 0.252 e. The van der Waals surface area contributed by atoms with Crippen molar-refractivity contribution in [1.29, 1.82) is 5.26 Å². The number of aromatic nitrogens is 3. The third-order valence-electron chi connectivity index (χ3n) is 4.37. The van der Waals surface area contributed by atoms with Crippen molar-refractivity contribution in [2.75, 3.05) is 0 Å². The van der Waals surface area contributed by atoms with Crippen LogP contribution in [0.2, 0.25) is 0 Å². The maximum absolute atomic E-state index is 13.8. The van der Waals surface area contributed by atoms with Gasteiger partial charge in [-0.05, 0) is 25.5 Å². The topological polar surface area (TPSA) is 112 Å². The Balaban J connectivity index is 1.89. The van der Waals surface area contributed by atoms with Gasteiger partial charge in [0, 0.05) is 23.2 Å². The first-order valence-corrected chi connectivity index (χ1v) is 8.32. The number of aryl methyl sites for hydroxylation is 1. The number of aromatic amines is 1. The number of hydrogen-bond donors (Lipinski definition) is 2. The number of amides is 1. The molecule has 0 saturated carbocycles. The average molecular weight is 383 g/mol. The quantitative estimate of drug-likeness (QED) is 0.717. The summed E-state index contributed by atoms with van der Waals surface area (Å²) in [5, 5.41) is 12.2. The number of hydrogen-bond acceptors (Lipinski definition) is 5. The molecule has 3 heterocycles. The van der Waals surface area contributed by atoms with Crippen LogP contribution in [0.1, 0.15) is 35.5 Å². The first kappa shape index (κ1) is 19.1. The van der Waals surface area contributed by atoms with Gasteiger partial charge < -0.3 is 10.3 Å². The molecule has 142 valence electrons. The van der Waals surface area contributed by atoms with Gasteiger partial charge >= 0.3 is 0 Å². The van der Waals surface area contributed by atoms with Crippen LogP contribution in [0.15, 0.2) is 29.3 Å². The minimum atomic E-state index is -0.878. The van der Waals surface area contributed by atoms with Crippen LogP contribution in [0.25, 0.3) is 10.9 Å². The zero-order chi connectivity index (χ0) is 20.4. The van der Waals surface area contributed by atoms with Gasteiger partial charge in [-0.15, -0.1) is 0 Å². The molecule has 0 aliphatic rings. The van der Waals surface area contributed by atoms with Crippen LogP contribution < -0.4 is 10.9 Å². The molecule has 0 bridgehead atoms. The maximum atomic E-state index is 13.8. The van der Waals surface area contributed by atoms with Gasteiger partial charge in [0.25, 0.3) is 5.56 Å². The van der Waals surface area contributed by atoms with Crippen LogP contribution in [-0.2, 0) is 11.2 Å². The summed E-state index contributed by atoms with van der Waals surface area (Å²) in [6, 6.07) is 3.38. The zero-order valence-electron chi connectivity index (χ0n) is 15.0. The standard InChI is InChI=1S/C19H15F2N5O2/c1-9-12(19(28)26-14-3-4-23-15(7-22)17(9)14)6-16(27)25-10(2)18-13(21)5-11(20)8-24-18/h3-5,8,10H,6H2,1-2H3,(H,25,27)(H,26,28)/t10-/m1/s1. The number of halogens is 2. The number of carbonyl (C=O) groups excluding carboxylic acids is 1. The molecule has 3 aromatic heterocycles. The van der Waals surface area contributed by atoms with Crippen molar-refractivity contribution < 1.29 is 13.6 Å². The number of fused-ring (bicyclic) bond motifs is 1. The molecule has 3 aromatic rings. The molecule has 0 aliphatic heterocycles. The predicted molar refractivity (Wildman–Crippen MR) is 96.2 cm³/mol. The molecular formula is C19H15F2N5O2. The summed E-state index contributed by atoms with van der Waals surface area (Å²) in [7, 11) is 0. The van der Waals surface area contributed by atoms with E-state index >= 15 is 0 Å². The molecule has 9 heteroatoms.